The molecule has 2 amide bonds. The van der Waals surface area contributed by atoms with Gasteiger partial charge in [0.1, 0.15) is 0 Å². The number of carbonyl (C=O) groups is 2. The van der Waals surface area contributed by atoms with Gasteiger partial charge in [0.2, 0.25) is 5.91 Å². The van der Waals surface area contributed by atoms with Gasteiger partial charge < -0.3 is 25.6 Å². The molecule has 182 valence electrons. The van der Waals surface area contributed by atoms with E-state index < -0.39 is 0 Å². The second-order valence-electron chi connectivity index (χ2n) is 8.96. The topological polar surface area (TPSA) is 87.9 Å². The Balaban J connectivity index is 1.30. The van der Waals surface area contributed by atoms with Crippen LogP contribution in [-0.2, 0) is 9.53 Å². The maximum atomic E-state index is 13.2. The molecule has 8 heteroatoms. The van der Waals surface area contributed by atoms with E-state index in [4.69, 9.17) is 10.5 Å². The molecule has 0 aliphatic carbocycles. The lowest BCUT2D eigenvalue weighted by atomic mass is 9.96. The fourth-order valence-corrected chi connectivity index (χ4v) is 5.82. The van der Waals surface area contributed by atoms with Crippen LogP contribution < -0.4 is 20.9 Å². The van der Waals surface area contributed by atoms with Crippen molar-refractivity contribution in [3.05, 3.63) is 65.5 Å². The summed E-state index contributed by atoms with van der Waals surface area (Å²) in [4.78, 5) is 29.8. The Labute approximate surface area is 209 Å². The van der Waals surface area contributed by atoms with Crippen molar-refractivity contribution in [2.45, 2.75) is 12.8 Å². The summed E-state index contributed by atoms with van der Waals surface area (Å²) in [6.07, 6.45) is 1.56. The summed E-state index contributed by atoms with van der Waals surface area (Å²) in [5.41, 5.74) is 9.48. The van der Waals surface area contributed by atoms with Gasteiger partial charge in [-0.05, 0) is 48.7 Å². The molecule has 3 aromatic rings. The van der Waals surface area contributed by atoms with E-state index in [1.54, 1.807) is 0 Å². The minimum absolute atomic E-state index is 0.0289. The number of morpholine rings is 1. The number of benzene rings is 2. The van der Waals surface area contributed by atoms with Gasteiger partial charge in [-0.25, -0.2) is 0 Å². The summed E-state index contributed by atoms with van der Waals surface area (Å²) in [6.45, 7) is 4.64. The lowest BCUT2D eigenvalue weighted by Crippen LogP contribution is -2.38. The molecule has 0 radical (unpaired) electrons. The molecule has 2 aliphatic rings. The van der Waals surface area contributed by atoms with Crippen LogP contribution >= 0.6 is 11.3 Å². The first-order valence-electron chi connectivity index (χ1n) is 12.1. The van der Waals surface area contributed by atoms with E-state index in [0.717, 1.165) is 66.5 Å². The number of primary amides is 1. The zero-order valence-electron chi connectivity index (χ0n) is 19.6. The van der Waals surface area contributed by atoms with Gasteiger partial charge >= 0.3 is 0 Å². The van der Waals surface area contributed by atoms with Crippen molar-refractivity contribution in [2.75, 3.05) is 54.5 Å². The smallest absolute Gasteiger partial charge is 0.265 e. The Kier molecular flexibility index (Phi) is 7.01. The molecule has 7 nitrogen and oxygen atoms in total. The molecule has 2 fully saturated rings. The van der Waals surface area contributed by atoms with Crippen molar-refractivity contribution < 1.29 is 14.3 Å². The van der Waals surface area contributed by atoms with E-state index in [2.05, 4.69) is 27.2 Å². The number of hydrogen-bond acceptors (Lipinski definition) is 6. The molecule has 0 bridgehead atoms. The summed E-state index contributed by atoms with van der Waals surface area (Å²) in [5, 5.41) is 4.16. The summed E-state index contributed by atoms with van der Waals surface area (Å²) >= 11 is 1.53. The average molecular weight is 491 g/mol. The third-order valence-electron chi connectivity index (χ3n) is 6.71. The van der Waals surface area contributed by atoms with E-state index in [-0.39, 0.29) is 17.7 Å². The third-order valence-corrected chi connectivity index (χ3v) is 7.90. The summed E-state index contributed by atoms with van der Waals surface area (Å²) in [7, 11) is 0. The Morgan fingerprint density at radius 3 is 2.26 bits per heavy atom. The number of amides is 2. The first-order chi connectivity index (χ1) is 17.1. The van der Waals surface area contributed by atoms with Gasteiger partial charge in [0.05, 0.1) is 23.1 Å². The van der Waals surface area contributed by atoms with E-state index in [1.807, 2.05) is 48.5 Å². The van der Waals surface area contributed by atoms with Gasteiger partial charge in [-0.1, -0.05) is 30.3 Å². The molecule has 5 rings (SSSR count). The van der Waals surface area contributed by atoms with Crippen molar-refractivity contribution in [3.8, 4) is 11.1 Å². The Bertz CT molecular complexity index is 1160. The zero-order valence-corrected chi connectivity index (χ0v) is 20.4. The number of nitrogens with zero attached hydrogens (tertiary/aromatic N) is 2. The third kappa shape index (κ3) is 5.33. The van der Waals surface area contributed by atoms with Crippen molar-refractivity contribution >= 4 is 39.5 Å². The van der Waals surface area contributed by atoms with Crippen molar-refractivity contribution in [3.63, 3.8) is 0 Å². The molecule has 3 heterocycles. The number of rotatable bonds is 6. The average Bonchev–Trinajstić information content (AvgIpc) is 3.36. The predicted octanol–water partition coefficient (Wildman–Crippen LogP) is 4.21. The number of hydrogen-bond donors (Lipinski definition) is 2. The highest BCUT2D eigenvalue weighted by Gasteiger charge is 2.24. The molecule has 0 saturated carbocycles. The molecule has 2 aliphatic heterocycles. The summed E-state index contributed by atoms with van der Waals surface area (Å²) < 4.78 is 5.53. The monoisotopic (exact) mass is 490 g/mol. The second-order valence-corrected chi connectivity index (χ2v) is 9.99. The van der Waals surface area contributed by atoms with Gasteiger partial charge in [-0.2, -0.15) is 0 Å². The van der Waals surface area contributed by atoms with Gasteiger partial charge in [-0.15, -0.1) is 11.3 Å². The Hall–Kier alpha value is -3.36. The van der Waals surface area contributed by atoms with E-state index in [0.29, 0.717) is 18.1 Å². The normalized spacial score (nSPS) is 16.8. The molecular weight excluding hydrogens is 460 g/mol. The van der Waals surface area contributed by atoms with Crippen LogP contribution in [-0.4, -0.2) is 51.2 Å². The van der Waals surface area contributed by atoms with Crippen molar-refractivity contribution in [1.82, 2.24) is 0 Å². The first kappa shape index (κ1) is 23.4. The van der Waals surface area contributed by atoms with Crippen LogP contribution in [0.4, 0.5) is 16.4 Å². The maximum absolute atomic E-state index is 13.2. The number of nitrogens with two attached hydrogens (primary N) is 1. The largest absolute Gasteiger partial charge is 0.378 e. The van der Waals surface area contributed by atoms with Crippen LogP contribution in [0.2, 0.25) is 0 Å². The lowest BCUT2D eigenvalue weighted by Gasteiger charge is -2.32. The van der Waals surface area contributed by atoms with E-state index in [9.17, 15) is 9.59 Å². The maximum Gasteiger partial charge on any atom is 0.265 e. The quantitative estimate of drug-likeness (QED) is 0.541. The Morgan fingerprint density at radius 2 is 1.60 bits per heavy atom. The number of thiophene rings is 1. The van der Waals surface area contributed by atoms with Crippen molar-refractivity contribution in [1.29, 1.82) is 0 Å². The number of piperidine rings is 1. The van der Waals surface area contributed by atoms with Crippen LogP contribution in [0, 0.1) is 5.92 Å². The van der Waals surface area contributed by atoms with E-state index in [1.165, 1.54) is 11.3 Å². The highest BCUT2D eigenvalue weighted by molar-refractivity contribution is 7.18. The second kappa shape index (κ2) is 10.5. The first-order valence-corrected chi connectivity index (χ1v) is 12.9. The Morgan fingerprint density at radius 1 is 0.914 bits per heavy atom. The molecule has 35 heavy (non-hydrogen) atoms. The van der Waals surface area contributed by atoms with Gasteiger partial charge in [0.25, 0.3) is 5.91 Å². The minimum Gasteiger partial charge on any atom is -0.378 e. The van der Waals surface area contributed by atoms with Crippen LogP contribution in [0.5, 0.6) is 0 Å². The fraction of sp³-hybridized carbons (Fsp3) is 0.333. The molecule has 0 atom stereocenters. The number of ether oxygens (including phenoxy) is 1. The van der Waals surface area contributed by atoms with Crippen LogP contribution in [0.25, 0.3) is 11.1 Å². The molecule has 1 aromatic heterocycles. The number of carbonyl (C=O) groups excluding carboxylic acids is 2. The standard InChI is InChI=1S/C27H30N4O3S/c28-25(32)20-10-12-30(13-11-20)22-8-6-21(7-9-22)29-26(33)24-18-23(19-4-2-1-3-5-19)27(35-24)31-14-16-34-17-15-31/h1-9,18,20H,10-17H2,(H2,28,32)(H,29,33). The zero-order chi connectivity index (χ0) is 24.2. The number of nitrogens with one attached hydrogen (secondary N) is 1. The predicted molar refractivity (Wildman–Crippen MR) is 141 cm³/mol. The molecule has 2 saturated heterocycles. The lowest BCUT2D eigenvalue weighted by molar-refractivity contribution is -0.122. The molecule has 0 unspecified atom stereocenters. The van der Waals surface area contributed by atoms with Crippen LogP contribution in [0.3, 0.4) is 0 Å². The molecule has 0 spiro atoms. The summed E-state index contributed by atoms with van der Waals surface area (Å²) in [5.74, 6) is -0.344. The van der Waals surface area contributed by atoms with Gasteiger partial charge in [0, 0.05) is 49.0 Å². The van der Waals surface area contributed by atoms with Gasteiger partial charge in [0.15, 0.2) is 0 Å². The number of anilines is 3. The highest BCUT2D eigenvalue weighted by Crippen LogP contribution is 2.39. The van der Waals surface area contributed by atoms with Crippen LogP contribution in [0.15, 0.2) is 60.7 Å². The van der Waals surface area contributed by atoms with E-state index >= 15 is 0 Å². The van der Waals surface area contributed by atoms with Crippen molar-refractivity contribution in [2.24, 2.45) is 11.7 Å². The van der Waals surface area contributed by atoms with Gasteiger partial charge in [-0.3, -0.25) is 9.59 Å². The molecular formula is C27H30N4O3S. The SMILES string of the molecule is NC(=O)C1CCN(c2ccc(NC(=O)c3cc(-c4ccccc4)c(N4CCOCC4)s3)cc2)CC1. The molecule has 2 aromatic carbocycles. The minimum atomic E-state index is -0.205. The summed E-state index contributed by atoms with van der Waals surface area (Å²) in [6, 6.07) is 20.1. The molecule has 3 N–H and O–H groups in total. The van der Waals surface area contributed by atoms with Crippen LogP contribution in [0.1, 0.15) is 22.5 Å². The fourth-order valence-electron chi connectivity index (χ4n) is 4.69. The highest BCUT2D eigenvalue weighted by atomic mass is 32.1.